The van der Waals surface area contributed by atoms with Gasteiger partial charge in [-0.25, -0.2) is 9.78 Å². The molecule has 0 aliphatic carbocycles. The number of rotatable bonds is 1. The summed E-state index contributed by atoms with van der Waals surface area (Å²) in [4.78, 5) is 25.6. The third kappa shape index (κ3) is 2.06. The smallest absolute Gasteiger partial charge is 0.414 e. The van der Waals surface area contributed by atoms with E-state index in [2.05, 4.69) is 15.0 Å². The Morgan fingerprint density at radius 2 is 2.13 bits per heavy atom. The Morgan fingerprint density at radius 1 is 1.30 bits per heavy atom. The first-order valence-corrected chi connectivity index (χ1v) is 7.37. The van der Waals surface area contributed by atoms with Crippen LogP contribution in [0, 0.1) is 0 Å². The standard InChI is InChI=1S/C17H16N4O2/c1-17(2)11-7-12-13(8-14(11)21(3)16(22)23-17)20-15(19-12)10-5-4-6-18-9-10/h4-9H,1-3H3,(H,19,20). The van der Waals surface area contributed by atoms with E-state index in [0.717, 1.165) is 33.7 Å². The van der Waals surface area contributed by atoms with E-state index in [4.69, 9.17) is 4.74 Å². The Hall–Kier alpha value is -2.89. The number of nitrogens with one attached hydrogen (secondary N) is 1. The summed E-state index contributed by atoms with van der Waals surface area (Å²) in [5.74, 6) is 0.753. The van der Waals surface area contributed by atoms with Crippen molar-refractivity contribution in [1.29, 1.82) is 0 Å². The summed E-state index contributed by atoms with van der Waals surface area (Å²) in [5.41, 5.74) is 3.73. The van der Waals surface area contributed by atoms with Crippen LogP contribution in [0.15, 0.2) is 36.7 Å². The van der Waals surface area contributed by atoms with Crippen molar-refractivity contribution in [3.05, 3.63) is 42.2 Å². The molecule has 2 aromatic heterocycles. The maximum atomic E-state index is 12.0. The van der Waals surface area contributed by atoms with E-state index in [9.17, 15) is 4.79 Å². The Kier molecular flexibility index (Phi) is 2.72. The van der Waals surface area contributed by atoms with Gasteiger partial charge >= 0.3 is 6.09 Å². The van der Waals surface area contributed by atoms with Gasteiger partial charge in [-0.1, -0.05) is 0 Å². The summed E-state index contributed by atoms with van der Waals surface area (Å²) in [6, 6.07) is 7.74. The number of hydrogen-bond acceptors (Lipinski definition) is 4. The van der Waals surface area contributed by atoms with Gasteiger partial charge in [0, 0.05) is 30.6 Å². The maximum absolute atomic E-state index is 12.0. The minimum absolute atomic E-state index is 0.357. The molecule has 1 aliphatic heterocycles. The summed E-state index contributed by atoms with van der Waals surface area (Å²) in [6.07, 6.45) is 3.14. The molecule has 0 fully saturated rings. The number of ether oxygens (including phenoxy) is 1. The molecular formula is C17H16N4O2. The van der Waals surface area contributed by atoms with Gasteiger partial charge in [0.1, 0.15) is 11.4 Å². The van der Waals surface area contributed by atoms with Crippen LogP contribution in [0.2, 0.25) is 0 Å². The summed E-state index contributed by atoms with van der Waals surface area (Å²) in [7, 11) is 1.71. The summed E-state index contributed by atoms with van der Waals surface area (Å²) in [6.45, 7) is 3.78. The first-order valence-electron chi connectivity index (χ1n) is 7.37. The molecule has 3 aromatic rings. The maximum Gasteiger partial charge on any atom is 0.414 e. The fourth-order valence-corrected chi connectivity index (χ4v) is 2.89. The lowest BCUT2D eigenvalue weighted by Gasteiger charge is -2.36. The Labute approximate surface area is 133 Å². The highest BCUT2D eigenvalue weighted by atomic mass is 16.6. The molecule has 0 unspecified atom stereocenters. The average Bonchev–Trinajstić information content (AvgIpc) is 2.95. The predicted octanol–water partition coefficient (Wildman–Crippen LogP) is 3.45. The number of amides is 1. The quantitative estimate of drug-likeness (QED) is 0.747. The van der Waals surface area contributed by atoms with Crippen molar-refractivity contribution in [2.24, 2.45) is 0 Å². The molecule has 6 nitrogen and oxygen atoms in total. The van der Waals surface area contributed by atoms with Crippen LogP contribution in [0.3, 0.4) is 0 Å². The van der Waals surface area contributed by atoms with Gasteiger partial charge < -0.3 is 9.72 Å². The number of carbonyl (C=O) groups excluding carboxylic acids is 1. The second-order valence-electron chi connectivity index (χ2n) is 6.15. The van der Waals surface area contributed by atoms with Crippen molar-refractivity contribution in [2.75, 3.05) is 11.9 Å². The zero-order valence-corrected chi connectivity index (χ0v) is 13.1. The fraction of sp³-hybridized carbons (Fsp3) is 0.235. The zero-order valence-electron chi connectivity index (χ0n) is 13.1. The molecule has 6 heteroatoms. The molecule has 0 radical (unpaired) electrons. The number of pyridine rings is 1. The number of imidazole rings is 1. The number of aromatic nitrogens is 3. The molecule has 0 spiro atoms. The number of carbonyl (C=O) groups is 1. The molecule has 3 heterocycles. The zero-order chi connectivity index (χ0) is 16.2. The molecule has 116 valence electrons. The van der Waals surface area contributed by atoms with Crippen LogP contribution in [0.25, 0.3) is 22.4 Å². The SMILES string of the molecule is CN1C(=O)OC(C)(C)c2cc3[nH]c(-c4cccnc4)nc3cc21. The van der Waals surface area contributed by atoms with Gasteiger partial charge in [0.25, 0.3) is 0 Å². The predicted molar refractivity (Wildman–Crippen MR) is 87.2 cm³/mol. The Bertz CT molecular complexity index is 915. The second kappa shape index (κ2) is 4.55. The first-order chi connectivity index (χ1) is 11.0. The lowest BCUT2D eigenvalue weighted by molar-refractivity contribution is 0.0363. The van der Waals surface area contributed by atoms with E-state index < -0.39 is 5.60 Å². The molecule has 0 saturated heterocycles. The van der Waals surface area contributed by atoms with E-state index in [1.807, 2.05) is 38.1 Å². The molecule has 1 amide bonds. The van der Waals surface area contributed by atoms with E-state index in [-0.39, 0.29) is 6.09 Å². The molecule has 1 aliphatic rings. The van der Waals surface area contributed by atoms with Gasteiger partial charge in [-0.15, -0.1) is 0 Å². The van der Waals surface area contributed by atoms with Crippen molar-refractivity contribution in [3.63, 3.8) is 0 Å². The number of aromatic amines is 1. The van der Waals surface area contributed by atoms with Gasteiger partial charge in [0.05, 0.1) is 16.7 Å². The average molecular weight is 308 g/mol. The Morgan fingerprint density at radius 3 is 2.87 bits per heavy atom. The van der Waals surface area contributed by atoms with Crippen molar-refractivity contribution in [1.82, 2.24) is 15.0 Å². The molecule has 23 heavy (non-hydrogen) atoms. The highest BCUT2D eigenvalue weighted by molar-refractivity contribution is 5.95. The van der Waals surface area contributed by atoms with E-state index >= 15 is 0 Å². The normalized spacial score (nSPS) is 16.3. The lowest BCUT2D eigenvalue weighted by atomic mass is 9.94. The highest BCUT2D eigenvalue weighted by Gasteiger charge is 2.37. The third-order valence-corrected chi connectivity index (χ3v) is 4.16. The van der Waals surface area contributed by atoms with E-state index in [1.165, 1.54) is 4.90 Å². The molecule has 4 rings (SSSR count). The van der Waals surface area contributed by atoms with Gasteiger partial charge in [-0.2, -0.15) is 0 Å². The monoisotopic (exact) mass is 308 g/mol. The van der Waals surface area contributed by atoms with Gasteiger partial charge in [0.15, 0.2) is 0 Å². The van der Waals surface area contributed by atoms with Crippen LogP contribution < -0.4 is 4.90 Å². The molecule has 0 bridgehead atoms. The number of H-pyrrole nitrogens is 1. The largest absolute Gasteiger partial charge is 0.438 e. The van der Waals surface area contributed by atoms with Crippen molar-refractivity contribution in [2.45, 2.75) is 19.4 Å². The summed E-state index contributed by atoms with van der Waals surface area (Å²) in [5, 5.41) is 0. The van der Waals surface area contributed by atoms with E-state index in [1.54, 1.807) is 19.4 Å². The van der Waals surface area contributed by atoms with Crippen LogP contribution in [0.1, 0.15) is 19.4 Å². The minimum Gasteiger partial charge on any atom is -0.438 e. The van der Waals surface area contributed by atoms with Crippen LogP contribution in [-0.2, 0) is 10.3 Å². The number of fused-ring (bicyclic) bond motifs is 2. The van der Waals surface area contributed by atoms with Gasteiger partial charge in [-0.05, 0) is 38.1 Å². The van der Waals surface area contributed by atoms with Crippen LogP contribution in [0.4, 0.5) is 10.5 Å². The second-order valence-corrected chi connectivity index (χ2v) is 6.15. The topological polar surface area (TPSA) is 71.1 Å². The highest BCUT2D eigenvalue weighted by Crippen LogP contribution is 2.40. The van der Waals surface area contributed by atoms with Crippen LogP contribution in [0.5, 0.6) is 0 Å². The summed E-state index contributed by atoms with van der Waals surface area (Å²) >= 11 is 0. The third-order valence-electron chi connectivity index (χ3n) is 4.16. The van der Waals surface area contributed by atoms with E-state index in [0.29, 0.717) is 0 Å². The number of anilines is 1. The number of hydrogen-bond donors (Lipinski definition) is 1. The summed E-state index contributed by atoms with van der Waals surface area (Å²) < 4.78 is 5.50. The molecule has 1 N–H and O–H groups in total. The minimum atomic E-state index is -0.674. The van der Waals surface area contributed by atoms with Crippen molar-refractivity contribution < 1.29 is 9.53 Å². The fourth-order valence-electron chi connectivity index (χ4n) is 2.89. The van der Waals surface area contributed by atoms with Crippen LogP contribution >= 0.6 is 0 Å². The van der Waals surface area contributed by atoms with Crippen LogP contribution in [-0.4, -0.2) is 28.1 Å². The van der Waals surface area contributed by atoms with Gasteiger partial charge in [0.2, 0.25) is 0 Å². The van der Waals surface area contributed by atoms with Crippen molar-refractivity contribution in [3.8, 4) is 11.4 Å². The number of benzene rings is 1. The first kappa shape index (κ1) is 13.8. The number of cyclic esters (lactones) is 1. The molecule has 0 atom stereocenters. The Balaban J connectivity index is 1.93. The molecular weight excluding hydrogens is 292 g/mol. The molecule has 0 saturated carbocycles. The molecule has 1 aromatic carbocycles. The van der Waals surface area contributed by atoms with Crippen molar-refractivity contribution >= 4 is 22.8 Å². The van der Waals surface area contributed by atoms with Gasteiger partial charge in [-0.3, -0.25) is 9.88 Å². The lowest BCUT2D eigenvalue weighted by Crippen LogP contribution is -2.41. The number of nitrogens with zero attached hydrogens (tertiary/aromatic N) is 3.